The largest absolute Gasteiger partial charge is 0.449 e. The van der Waals surface area contributed by atoms with Gasteiger partial charge >= 0.3 is 12.0 Å². The third-order valence-corrected chi connectivity index (χ3v) is 6.72. The molecular formula is C21H31N3O6S. The molecule has 2 N–H and O–H groups in total. The van der Waals surface area contributed by atoms with Crippen molar-refractivity contribution >= 4 is 27.9 Å². The number of ether oxygens (including phenoxy) is 1. The number of sulfonamides is 1. The summed E-state index contributed by atoms with van der Waals surface area (Å²) in [5, 5.41) is 4.58. The second-order valence-corrected chi connectivity index (χ2v) is 10.4. The van der Waals surface area contributed by atoms with Gasteiger partial charge in [0.05, 0.1) is 10.5 Å². The van der Waals surface area contributed by atoms with Gasteiger partial charge in [-0.1, -0.05) is 13.8 Å². The molecule has 172 valence electrons. The Labute approximate surface area is 183 Å². The maximum Gasteiger partial charge on any atom is 0.338 e. The van der Waals surface area contributed by atoms with Crippen molar-refractivity contribution in [1.29, 1.82) is 0 Å². The third-order valence-electron chi connectivity index (χ3n) is 4.87. The first kappa shape index (κ1) is 24.8. The third kappa shape index (κ3) is 6.76. The van der Waals surface area contributed by atoms with Gasteiger partial charge in [-0.05, 0) is 63.3 Å². The van der Waals surface area contributed by atoms with E-state index in [9.17, 15) is 22.8 Å². The van der Waals surface area contributed by atoms with Crippen LogP contribution in [-0.2, 0) is 19.6 Å². The number of nitrogens with zero attached hydrogens (tertiary/aromatic N) is 1. The van der Waals surface area contributed by atoms with Crippen molar-refractivity contribution < 1.29 is 27.5 Å². The van der Waals surface area contributed by atoms with Gasteiger partial charge in [0.25, 0.3) is 5.91 Å². The van der Waals surface area contributed by atoms with E-state index in [0.29, 0.717) is 13.1 Å². The van der Waals surface area contributed by atoms with Crippen LogP contribution in [0.15, 0.2) is 29.2 Å². The van der Waals surface area contributed by atoms with Crippen LogP contribution in [-0.4, -0.2) is 55.9 Å². The molecule has 0 bridgehead atoms. The van der Waals surface area contributed by atoms with Gasteiger partial charge in [-0.25, -0.2) is 18.0 Å². The Kier molecular flexibility index (Phi) is 8.19. The Bertz CT molecular complexity index is 904. The van der Waals surface area contributed by atoms with E-state index < -0.39 is 34.0 Å². The van der Waals surface area contributed by atoms with Crippen LogP contribution < -0.4 is 10.6 Å². The number of rotatable bonds is 6. The Morgan fingerprint density at radius 2 is 1.58 bits per heavy atom. The number of carbonyl (C=O) groups excluding carboxylic acids is 3. The molecule has 0 spiro atoms. The van der Waals surface area contributed by atoms with Gasteiger partial charge in [0, 0.05) is 19.1 Å². The number of esters is 1. The van der Waals surface area contributed by atoms with Crippen molar-refractivity contribution in [2.24, 2.45) is 11.8 Å². The van der Waals surface area contributed by atoms with Gasteiger partial charge in [0.2, 0.25) is 10.0 Å². The molecule has 1 heterocycles. The highest BCUT2D eigenvalue weighted by atomic mass is 32.2. The maximum atomic E-state index is 12.9. The summed E-state index contributed by atoms with van der Waals surface area (Å²) in [5.41, 5.74) is 0.102. The summed E-state index contributed by atoms with van der Waals surface area (Å²) in [7, 11) is -3.66. The molecule has 1 saturated heterocycles. The lowest BCUT2D eigenvalue weighted by molar-refractivity contribution is -0.127. The number of carbonyl (C=O) groups is 3. The molecule has 0 aromatic heterocycles. The topological polar surface area (TPSA) is 122 Å². The summed E-state index contributed by atoms with van der Waals surface area (Å²) < 4.78 is 32.4. The minimum atomic E-state index is -3.66. The maximum absolute atomic E-state index is 12.9. The fourth-order valence-electron chi connectivity index (χ4n) is 3.51. The lowest BCUT2D eigenvalue weighted by atomic mass is 9.94. The molecule has 1 aliphatic rings. The predicted octanol–water partition coefficient (Wildman–Crippen LogP) is 2.13. The zero-order valence-electron chi connectivity index (χ0n) is 18.5. The molecule has 3 atom stereocenters. The molecule has 10 heteroatoms. The van der Waals surface area contributed by atoms with E-state index in [-0.39, 0.29) is 28.3 Å². The molecule has 0 saturated carbocycles. The SMILES string of the molecule is CC1CC(C)CN(S(=O)(=O)c2ccc(C(=O)OC(C)C(=O)NC(=O)NC(C)C)cc2)C1. The van der Waals surface area contributed by atoms with E-state index in [2.05, 4.69) is 10.6 Å². The minimum Gasteiger partial charge on any atom is -0.449 e. The Morgan fingerprint density at radius 1 is 1.03 bits per heavy atom. The summed E-state index contributed by atoms with van der Waals surface area (Å²) in [6.07, 6.45) is -0.216. The second-order valence-electron chi connectivity index (χ2n) is 8.46. The van der Waals surface area contributed by atoms with E-state index in [1.165, 1.54) is 35.5 Å². The summed E-state index contributed by atoms with van der Waals surface area (Å²) >= 11 is 0. The summed E-state index contributed by atoms with van der Waals surface area (Å²) in [6, 6.07) is 4.58. The van der Waals surface area contributed by atoms with Gasteiger partial charge in [0.1, 0.15) is 0 Å². The van der Waals surface area contributed by atoms with Gasteiger partial charge in [0.15, 0.2) is 6.10 Å². The molecular weight excluding hydrogens is 422 g/mol. The minimum absolute atomic E-state index is 0.0986. The average Bonchev–Trinajstić information content (AvgIpc) is 2.66. The molecule has 0 radical (unpaired) electrons. The van der Waals surface area contributed by atoms with Gasteiger partial charge in [-0.3, -0.25) is 10.1 Å². The Morgan fingerprint density at radius 3 is 2.10 bits per heavy atom. The number of hydrogen-bond acceptors (Lipinski definition) is 6. The van der Waals surface area contributed by atoms with Crippen LogP contribution >= 0.6 is 0 Å². The van der Waals surface area contributed by atoms with Crippen molar-refractivity contribution in [2.75, 3.05) is 13.1 Å². The first-order chi connectivity index (χ1) is 14.4. The Balaban J connectivity index is 2.01. The van der Waals surface area contributed by atoms with Crippen molar-refractivity contribution in [3.8, 4) is 0 Å². The molecule has 1 aliphatic heterocycles. The molecule has 3 unspecified atom stereocenters. The van der Waals surface area contributed by atoms with Gasteiger partial charge in [-0.2, -0.15) is 4.31 Å². The smallest absolute Gasteiger partial charge is 0.338 e. The van der Waals surface area contributed by atoms with E-state index in [0.717, 1.165) is 6.42 Å². The zero-order chi connectivity index (χ0) is 23.3. The lowest BCUT2D eigenvalue weighted by Crippen LogP contribution is -2.46. The van der Waals surface area contributed by atoms with Gasteiger partial charge < -0.3 is 10.1 Å². The first-order valence-corrected chi connectivity index (χ1v) is 11.8. The number of hydrogen-bond donors (Lipinski definition) is 2. The molecule has 1 fully saturated rings. The van der Waals surface area contributed by atoms with Crippen molar-refractivity contribution in [2.45, 2.75) is 58.1 Å². The lowest BCUT2D eigenvalue weighted by Gasteiger charge is -2.34. The normalized spacial score (nSPS) is 20.7. The van der Waals surface area contributed by atoms with Crippen LogP contribution in [0.1, 0.15) is 51.4 Å². The molecule has 1 aromatic rings. The van der Waals surface area contributed by atoms with Crippen molar-refractivity contribution in [3.05, 3.63) is 29.8 Å². The van der Waals surface area contributed by atoms with E-state index in [1.807, 2.05) is 13.8 Å². The predicted molar refractivity (Wildman–Crippen MR) is 115 cm³/mol. The standard InChI is InChI=1S/C21H31N3O6S/c1-13(2)22-21(27)23-19(25)16(5)30-20(26)17-6-8-18(9-7-17)31(28,29)24-11-14(3)10-15(4)12-24/h6-9,13-16H,10-12H2,1-5H3,(H2,22,23,25,27). The van der Waals surface area contributed by atoms with Gasteiger partial charge in [-0.15, -0.1) is 0 Å². The van der Waals surface area contributed by atoms with E-state index in [1.54, 1.807) is 13.8 Å². The number of piperidine rings is 1. The van der Waals surface area contributed by atoms with Crippen LogP contribution in [0.4, 0.5) is 4.79 Å². The number of urea groups is 1. The van der Waals surface area contributed by atoms with Crippen LogP contribution in [0.25, 0.3) is 0 Å². The van der Waals surface area contributed by atoms with Crippen molar-refractivity contribution in [3.63, 3.8) is 0 Å². The zero-order valence-corrected chi connectivity index (χ0v) is 19.4. The molecule has 3 amide bonds. The highest BCUT2D eigenvalue weighted by molar-refractivity contribution is 7.89. The highest BCUT2D eigenvalue weighted by Gasteiger charge is 2.31. The molecule has 9 nitrogen and oxygen atoms in total. The molecule has 2 rings (SSSR count). The average molecular weight is 454 g/mol. The summed E-state index contributed by atoms with van der Waals surface area (Å²) in [6.45, 7) is 9.81. The Hall–Kier alpha value is -2.46. The van der Waals surface area contributed by atoms with E-state index >= 15 is 0 Å². The second kappa shape index (κ2) is 10.2. The summed E-state index contributed by atoms with van der Waals surface area (Å²) in [4.78, 5) is 36.0. The highest BCUT2D eigenvalue weighted by Crippen LogP contribution is 2.26. The number of nitrogens with one attached hydrogen (secondary N) is 2. The van der Waals surface area contributed by atoms with Crippen molar-refractivity contribution in [1.82, 2.24) is 14.9 Å². The fourth-order valence-corrected chi connectivity index (χ4v) is 5.19. The number of amides is 3. The summed E-state index contributed by atoms with van der Waals surface area (Å²) in [5.74, 6) is -0.999. The van der Waals surface area contributed by atoms with Crippen LogP contribution in [0, 0.1) is 11.8 Å². The molecule has 0 aliphatic carbocycles. The van der Waals surface area contributed by atoms with Crippen LogP contribution in [0.2, 0.25) is 0 Å². The van der Waals surface area contributed by atoms with Crippen LogP contribution in [0.3, 0.4) is 0 Å². The monoisotopic (exact) mass is 453 g/mol. The fraction of sp³-hybridized carbons (Fsp3) is 0.571. The molecule has 1 aromatic carbocycles. The quantitative estimate of drug-likeness (QED) is 0.637. The first-order valence-electron chi connectivity index (χ1n) is 10.3. The number of imide groups is 1. The van der Waals surface area contributed by atoms with Crippen LogP contribution in [0.5, 0.6) is 0 Å². The van der Waals surface area contributed by atoms with E-state index in [4.69, 9.17) is 4.74 Å². The molecule has 31 heavy (non-hydrogen) atoms. The number of benzene rings is 1.